The zero-order valence-corrected chi connectivity index (χ0v) is 19.6. The van der Waals surface area contributed by atoms with E-state index >= 15 is 0 Å². The molecular weight excluding hydrogens is 412 g/mol. The monoisotopic (exact) mass is 444 g/mol. The van der Waals surface area contributed by atoms with Gasteiger partial charge < -0.3 is 15.0 Å². The number of hydrogen-bond acceptors (Lipinski definition) is 3. The van der Waals surface area contributed by atoms with Gasteiger partial charge in [-0.05, 0) is 62.4 Å². The Kier molecular flexibility index (Phi) is 9.86. The van der Waals surface area contributed by atoms with Crippen LogP contribution in [0.2, 0.25) is 5.02 Å². The highest BCUT2D eigenvalue weighted by Gasteiger charge is 2.29. The summed E-state index contributed by atoms with van der Waals surface area (Å²) in [6.45, 7) is 8.10. The van der Waals surface area contributed by atoms with Crippen molar-refractivity contribution in [1.29, 1.82) is 0 Å². The molecule has 31 heavy (non-hydrogen) atoms. The molecule has 0 aromatic heterocycles. The summed E-state index contributed by atoms with van der Waals surface area (Å²) in [6, 6.07) is 14.8. The van der Waals surface area contributed by atoms with E-state index in [4.69, 9.17) is 16.3 Å². The second-order valence-electron chi connectivity index (χ2n) is 7.76. The number of nitrogens with zero attached hydrogens (tertiary/aromatic N) is 1. The molecule has 0 saturated carbocycles. The molecule has 6 heteroatoms. The highest BCUT2D eigenvalue weighted by atomic mass is 35.5. The lowest BCUT2D eigenvalue weighted by Gasteiger charge is -2.31. The average Bonchev–Trinajstić information content (AvgIpc) is 2.77. The van der Waals surface area contributed by atoms with E-state index in [2.05, 4.69) is 5.32 Å². The lowest BCUT2D eigenvalue weighted by molar-refractivity contribution is -0.142. The summed E-state index contributed by atoms with van der Waals surface area (Å²) < 4.78 is 5.73. The van der Waals surface area contributed by atoms with Crippen LogP contribution in [0.3, 0.4) is 0 Å². The third-order valence-corrected chi connectivity index (χ3v) is 5.79. The molecule has 2 amide bonds. The molecule has 0 unspecified atom stereocenters. The number of carbonyl (C=O) groups is 2. The number of rotatable bonds is 11. The molecule has 2 rings (SSSR count). The van der Waals surface area contributed by atoms with E-state index in [1.807, 2.05) is 58.0 Å². The molecule has 0 aliphatic carbocycles. The third kappa shape index (κ3) is 7.59. The molecule has 1 N–H and O–H groups in total. The lowest BCUT2D eigenvalue weighted by Crippen LogP contribution is -2.52. The Morgan fingerprint density at radius 1 is 1.10 bits per heavy atom. The standard InChI is InChI=1S/C25H33ClN2O3/c1-5-19(4)27-25(30)23(6-2)28(15-14-20-10-8-7-9-11-20)24(29)17-31-21-12-13-22(26)18(3)16-21/h7-13,16,19,23H,5-6,14-15,17H2,1-4H3,(H,27,30)/t19-,23+/m1/s1. The summed E-state index contributed by atoms with van der Waals surface area (Å²) in [4.78, 5) is 27.7. The molecule has 0 aliphatic rings. The minimum absolute atomic E-state index is 0.0564. The van der Waals surface area contributed by atoms with Gasteiger partial charge in [-0.2, -0.15) is 0 Å². The topological polar surface area (TPSA) is 58.6 Å². The maximum absolute atomic E-state index is 13.1. The molecule has 2 aromatic rings. The summed E-state index contributed by atoms with van der Waals surface area (Å²) in [7, 11) is 0. The van der Waals surface area contributed by atoms with Crippen molar-refractivity contribution in [3.8, 4) is 5.75 Å². The van der Waals surface area contributed by atoms with Gasteiger partial charge in [0.15, 0.2) is 6.61 Å². The predicted molar refractivity (Wildman–Crippen MR) is 126 cm³/mol. The normalized spacial score (nSPS) is 12.7. The molecule has 0 saturated heterocycles. The van der Waals surface area contributed by atoms with Crippen molar-refractivity contribution in [3.05, 3.63) is 64.7 Å². The first-order chi connectivity index (χ1) is 14.8. The Morgan fingerprint density at radius 3 is 2.42 bits per heavy atom. The maximum Gasteiger partial charge on any atom is 0.261 e. The second kappa shape index (κ2) is 12.4. The number of ether oxygens (including phenoxy) is 1. The van der Waals surface area contributed by atoms with Crippen LogP contribution in [0, 0.1) is 6.92 Å². The molecular formula is C25H33ClN2O3. The molecule has 0 bridgehead atoms. The fraction of sp³-hybridized carbons (Fsp3) is 0.440. The van der Waals surface area contributed by atoms with Crippen LogP contribution in [0.25, 0.3) is 0 Å². The Labute approximate surface area is 190 Å². The van der Waals surface area contributed by atoms with Gasteiger partial charge in [0.25, 0.3) is 5.91 Å². The van der Waals surface area contributed by atoms with E-state index in [0.717, 1.165) is 17.5 Å². The maximum atomic E-state index is 13.1. The molecule has 0 heterocycles. The molecule has 2 atom stereocenters. The minimum atomic E-state index is -0.541. The van der Waals surface area contributed by atoms with Gasteiger partial charge in [0.1, 0.15) is 11.8 Å². The highest BCUT2D eigenvalue weighted by molar-refractivity contribution is 6.31. The highest BCUT2D eigenvalue weighted by Crippen LogP contribution is 2.21. The van der Waals surface area contributed by atoms with E-state index in [1.54, 1.807) is 23.1 Å². The predicted octanol–water partition coefficient (Wildman–Crippen LogP) is 4.79. The van der Waals surface area contributed by atoms with Crippen LogP contribution in [0.15, 0.2) is 48.5 Å². The van der Waals surface area contributed by atoms with Gasteiger partial charge in [-0.3, -0.25) is 9.59 Å². The molecule has 0 spiro atoms. The number of carbonyl (C=O) groups excluding carboxylic acids is 2. The molecule has 5 nitrogen and oxygen atoms in total. The van der Waals surface area contributed by atoms with Gasteiger partial charge >= 0.3 is 0 Å². The number of hydrogen-bond donors (Lipinski definition) is 1. The van der Waals surface area contributed by atoms with Gasteiger partial charge in [0, 0.05) is 17.6 Å². The van der Waals surface area contributed by atoms with Crippen molar-refractivity contribution < 1.29 is 14.3 Å². The fourth-order valence-corrected chi connectivity index (χ4v) is 3.39. The third-order valence-electron chi connectivity index (χ3n) is 5.36. The first-order valence-corrected chi connectivity index (χ1v) is 11.3. The number of halogens is 1. The van der Waals surface area contributed by atoms with E-state index < -0.39 is 6.04 Å². The van der Waals surface area contributed by atoms with Gasteiger partial charge in [0.2, 0.25) is 5.91 Å². The summed E-state index contributed by atoms with van der Waals surface area (Å²) in [5, 5.41) is 3.66. The van der Waals surface area contributed by atoms with Crippen LogP contribution < -0.4 is 10.1 Å². The van der Waals surface area contributed by atoms with Crippen molar-refractivity contribution in [3.63, 3.8) is 0 Å². The Bertz CT molecular complexity index is 857. The Balaban J connectivity index is 2.14. The van der Waals surface area contributed by atoms with E-state index in [1.165, 1.54) is 0 Å². The number of aryl methyl sites for hydroxylation is 1. The van der Waals surface area contributed by atoms with E-state index in [-0.39, 0.29) is 24.5 Å². The summed E-state index contributed by atoms with van der Waals surface area (Å²) in [6.07, 6.45) is 2.03. The van der Waals surface area contributed by atoms with Gasteiger partial charge in [-0.1, -0.05) is 55.8 Å². The molecule has 0 aliphatic heterocycles. The number of benzene rings is 2. The SMILES string of the molecule is CC[C@@H](C)NC(=O)[C@H](CC)N(CCc1ccccc1)C(=O)COc1ccc(Cl)c(C)c1. The number of nitrogens with one attached hydrogen (secondary N) is 1. The van der Waals surface area contributed by atoms with Crippen molar-refractivity contribution >= 4 is 23.4 Å². The van der Waals surface area contributed by atoms with E-state index in [0.29, 0.717) is 30.2 Å². The molecule has 168 valence electrons. The van der Waals surface area contributed by atoms with Crippen LogP contribution >= 0.6 is 11.6 Å². The molecule has 2 aromatic carbocycles. The Morgan fingerprint density at radius 2 is 1.81 bits per heavy atom. The minimum Gasteiger partial charge on any atom is -0.484 e. The van der Waals surface area contributed by atoms with Crippen molar-refractivity contribution in [1.82, 2.24) is 10.2 Å². The zero-order valence-electron chi connectivity index (χ0n) is 18.9. The van der Waals surface area contributed by atoms with E-state index in [9.17, 15) is 9.59 Å². The van der Waals surface area contributed by atoms with Crippen LogP contribution in [0.1, 0.15) is 44.7 Å². The number of amides is 2. The summed E-state index contributed by atoms with van der Waals surface area (Å²) in [5.74, 6) is 0.241. The van der Waals surface area contributed by atoms with Crippen molar-refractivity contribution in [2.75, 3.05) is 13.2 Å². The largest absolute Gasteiger partial charge is 0.484 e. The van der Waals surface area contributed by atoms with Crippen LogP contribution in [-0.4, -0.2) is 41.9 Å². The van der Waals surface area contributed by atoms with Gasteiger partial charge in [-0.25, -0.2) is 0 Å². The Hall–Kier alpha value is -2.53. The lowest BCUT2D eigenvalue weighted by atomic mass is 10.1. The first-order valence-electron chi connectivity index (χ1n) is 10.9. The first kappa shape index (κ1) is 24.7. The molecule has 0 fully saturated rings. The summed E-state index contributed by atoms with van der Waals surface area (Å²) >= 11 is 6.07. The molecule has 0 radical (unpaired) electrons. The van der Waals surface area contributed by atoms with Gasteiger partial charge in [0.05, 0.1) is 0 Å². The van der Waals surface area contributed by atoms with Crippen LogP contribution in [0.4, 0.5) is 0 Å². The summed E-state index contributed by atoms with van der Waals surface area (Å²) in [5.41, 5.74) is 2.00. The van der Waals surface area contributed by atoms with Crippen LogP contribution in [0.5, 0.6) is 5.75 Å². The smallest absolute Gasteiger partial charge is 0.261 e. The van der Waals surface area contributed by atoms with Gasteiger partial charge in [-0.15, -0.1) is 0 Å². The second-order valence-corrected chi connectivity index (χ2v) is 8.17. The zero-order chi connectivity index (χ0) is 22.8. The fourth-order valence-electron chi connectivity index (χ4n) is 3.27. The van der Waals surface area contributed by atoms with Crippen molar-refractivity contribution in [2.24, 2.45) is 0 Å². The van der Waals surface area contributed by atoms with Crippen molar-refractivity contribution in [2.45, 2.75) is 59.0 Å². The van der Waals surface area contributed by atoms with Crippen LogP contribution in [-0.2, 0) is 16.0 Å². The average molecular weight is 445 g/mol. The quantitative estimate of drug-likeness (QED) is 0.542.